The third-order valence-corrected chi connectivity index (χ3v) is 15.0. The number of rotatable bonds is 11. The van der Waals surface area contributed by atoms with Crippen LogP contribution in [-0.4, -0.2) is 95.0 Å². The normalized spacial score (nSPS) is 23.0. The van der Waals surface area contributed by atoms with Crippen LogP contribution >= 0.6 is 23.5 Å². The summed E-state index contributed by atoms with van der Waals surface area (Å²) in [5.41, 5.74) is 6.80. The third-order valence-electron chi connectivity index (χ3n) is 14.0. The van der Waals surface area contributed by atoms with Crippen molar-refractivity contribution in [3.05, 3.63) is 122 Å². The summed E-state index contributed by atoms with van der Waals surface area (Å²) in [6.45, 7) is 5.83. The molecule has 13 nitrogen and oxygen atoms in total. The number of piperazine rings is 1. The Morgan fingerprint density at radius 1 is 1.06 bits per heavy atom. The molecule has 0 radical (unpaired) electrons. The van der Waals surface area contributed by atoms with Crippen molar-refractivity contribution < 1.29 is 24.0 Å². The third kappa shape index (κ3) is 8.25. The average molecular weight is 876 g/mol. The van der Waals surface area contributed by atoms with Gasteiger partial charge in [-0.3, -0.25) is 29.3 Å². The van der Waals surface area contributed by atoms with Gasteiger partial charge >= 0.3 is 0 Å². The molecule has 10 rings (SSSR count). The average Bonchev–Trinajstić information content (AvgIpc) is 3.89. The summed E-state index contributed by atoms with van der Waals surface area (Å²) in [4.78, 5) is 54.3. The number of likely N-dealkylation sites (tertiary alicyclic amines) is 1. The van der Waals surface area contributed by atoms with E-state index in [1.54, 1.807) is 28.8 Å². The van der Waals surface area contributed by atoms with Crippen LogP contribution in [0, 0.1) is 27.4 Å². The Hall–Kier alpha value is -5.15. The van der Waals surface area contributed by atoms with Crippen LogP contribution in [0.15, 0.2) is 95.3 Å². The number of aromatic nitrogens is 2. The number of nitrogens with zero attached hydrogens (tertiary/aromatic N) is 5. The summed E-state index contributed by atoms with van der Waals surface area (Å²) in [5.74, 6) is -0.914. The number of hydrogen-bond acceptors (Lipinski definition) is 10. The molecule has 2 amide bonds. The van der Waals surface area contributed by atoms with Gasteiger partial charge in [0.1, 0.15) is 17.1 Å². The number of carbonyl (C=O) groups excluding carboxylic acids is 2. The first-order chi connectivity index (χ1) is 30.2. The zero-order chi connectivity index (χ0) is 42.4. The van der Waals surface area contributed by atoms with Gasteiger partial charge in [-0.1, -0.05) is 41.8 Å². The van der Waals surface area contributed by atoms with Gasteiger partial charge in [-0.15, -0.1) is 0 Å². The minimum Gasteiger partial charge on any atom is -0.455 e. The van der Waals surface area contributed by atoms with E-state index < -0.39 is 22.7 Å². The molecular formula is C47H50ClN7O6S. The van der Waals surface area contributed by atoms with Gasteiger partial charge < -0.3 is 24.3 Å². The molecule has 1 saturated carbocycles. The second-order valence-electron chi connectivity index (χ2n) is 17.6. The number of carbonyl (C=O) groups is 2. The minimum atomic E-state index is -0.665. The Balaban J connectivity index is 0.853. The fourth-order valence-corrected chi connectivity index (χ4v) is 11.2. The van der Waals surface area contributed by atoms with Gasteiger partial charge in [0.15, 0.2) is 0 Å². The lowest BCUT2D eigenvalue weighted by Crippen LogP contribution is -2.47. The number of H-pyrrole nitrogens is 1. The molecule has 6 aliphatic rings. The van der Waals surface area contributed by atoms with Gasteiger partial charge in [-0.25, -0.2) is 4.98 Å². The Morgan fingerprint density at radius 3 is 2.63 bits per heavy atom. The van der Waals surface area contributed by atoms with Crippen LogP contribution in [-0.2, 0) is 9.53 Å². The van der Waals surface area contributed by atoms with Crippen molar-refractivity contribution in [2.24, 2.45) is 17.3 Å². The number of pyridine rings is 1. The molecule has 3 aliphatic carbocycles. The molecule has 3 aliphatic heterocycles. The van der Waals surface area contributed by atoms with Crippen molar-refractivity contribution in [2.75, 3.05) is 57.4 Å². The SMILES string of the molecule is O=C(NSC1=CC2C(=O)N(C3CCOCC3)CC2C([N+](=O)[O-])=C1)c1ccc(N2CCN(CC3=C(c4ccc(Cl)cc4)CC4(CCC4)CC3)CC2)cc1Oc1cnc2[nH]ccc2c1. The van der Waals surface area contributed by atoms with Crippen molar-refractivity contribution >= 4 is 57.7 Å². The highest BCUT2D eigenvalue weighted by atomic mass is 35.5. The molecule has 322 valence electrons. The number of aromatic amines is 1. The molecule has 4 aromatic rings. The van der Waals surface area contributed by atoms with Crippen LogP contribution in [0.3, 0.4) is 0 Å². The number of nitro groups is 1. The van der Waals surface area contributed by atoms with Crippen LogP contribution in [0.5, 0.6) is 11.5 Å². The maximum Gasteiger partial charge on any atom is 0.265 e. The van der Waals surface area contributed by atoms with E-state index in [4.69, 9.17) is 21.1 Å². The van der Waals surface area contributed by atoms with Crippen LogP contribution < -0.4 is 14.4 Å². The lowest BCUT2D eigenvalue weighted by Gasteiger charge is -2.47. The van der Waals surface area contributed by atoms with E-state index in [1.807, 2.05) is 42.6 Å². The molecule has 2 aromatic heterocycles. The van der Waals surface area contributed by atoms with E-state index in [0.717, 1.165) is 79.3 Å². The largest absolute Gasteiger partial charge is 0.455 e. The maximum atomic E-state index is 14.0. The number of allylic oxidation sites excluding steroid dienone is 2. The highest BCUT2D eigenvalue weighted by molar-refractivity contribution is 8.02. The van der Waals surface area contributed by atoms with E-state index >= 15 is 0 Å². The zero-order valence-electron chi connectivity index (χ0n) is 34.5. The fraction of sp³-hybridized carbons (Fsp3) is 0.426. The quantitative estimate of drug-likeness (QED) is 0.0854. The van der Waals surface area contributed by atoms with Gasteiger partial charge in [0.05, 0.1) is 28.5 Å². The lowest BCUT2D eigenvalue weighted by molar-refractivity contribution is -0.434. The predicted octanol–water partition coefficient (Wildman–Crippen LogP) is 8.63. The van der Waals surface area contributed by atoms with Crippen molar-refractivity contribution in [1.82, 2.24) is 24.5 Å². The second-order valence-corrected chi connectivity index (χ2v) is 19.0. The van der Waals surface area contributed by atoms with E-state index in [2.05, 4.69) is 36.6 Å². The number of benzene rings is 2. The summed E-state index contributed by atoms with van der Waals surface area (Å²) in [5, 5.41) is 13.9. The molecular weight excluding hydrogens is 826 g/mol. The second kappa shape index (κ2) is 17.2. The molecule has 15 heteroatoms. The Kier molecular flexibility index (Phi) is 11.3. The zero-order valence-corrected chi connectivity index (χ0v) is 36.1. The van der Waals surface area contributed by atoms with Gasteiger partial charge in [0.2, 0.25) is 5.91 Å². The number of halogens is 1. The van der Waals surface area contributed by atoms with Gasteiger partial charge in [-0.05, 0) is 110 Å². The smallest absolute Gasteiger partial charge is 0.265 e. The number of amides is 2. The van der Waals surface area contributed by atoms with Crippen molar-refractivity contribution in [3.8, 4) is 11.5 Å². The molecule has 2 aromatic carbocycles. The summed E-state index contributed by atoms with van der Waals surface area (Å²) < 4.78 is 14.8. The number of hydrogen-bond donors (Lipinski definition) is 2. The van der Waals surface area contributed by atoms with Crippen molar-refractivity contribution in [3.63, 3.8) is 0 Å². The summed E-state index contributed by atoms with van der Waals surface area (Å²) in [7, 11) is 0. The Bertz CT molecular complexity index is 2480. The molecule has 2 atom stereocenters. The first kappa shape index (κ1) is 40.9. The molecule has 1 spiro atoms. The summed E-state index contributed by atoms with van der Waals surface area (Å²) in [6, 6.07) is 17.8. The monoisotopic (exact) mass is 875 g/mol. The van der Waals surface area contributed by atoms with Crippen LogP contribution in [0.2, 0.25) is 5.02 Å². The topological polar surface area (TPSA) is 146 Å². The Morgan fingerprint density at radius 2 is 1.87 bits per heavy atom. The molecule has 62 heavy (non-hydrogen) atoms. The van der Waals surface area contributed by atoms with Crippen LogP contribution in [0.4, 0.5) is 5.69 Å². The molecule has 4 fully saturated rings. The number of fused-ring (bicyclic) bond motifs is 2. The standard InChI is InChI=1S/C47H50ClN7O6S/c48-33-4-2-30(3-5-33)40-26-47(12-1-13-47)14-8-32(40)28-52-16-18-53(19-17-52)35-6-7-38(43(23-35)61-36-22-31-9-15-49-44(31)50-27-36)45(56)51-62-37-24-39-41(42(25-37)55(58)59)29-54(46(39)57)34-10-20-60-21-11-34/h2-7,9,15,22-25,27,34,39,41H,1,8,10-14,16-21,26,28-29H2,(H,49,50)(H,51,56). The number of ether oxygens (including phenoxy) is 2. The number of nitrogens with one attached hydrogen (secondary N) is 2. The molecule has 2 N–H and O–H groups in total. The van der Waals surface area contributed by atoms with E-state index in [1.165, 1.54) is 42.9 Å². The van der Waals surface area contributed by atoms with E-state index in [0.29, 0.717) is 60.0 Å². The molecule has 0 bridgehead atoms. The molecule has 5 heterocycles. The first-order valence-electron chi connectivity index (χ1n) is 21.8. The van der Waals surface area contributed by atoms with Gasteiger partial charge in [0.25, 0.3) is 11.6 Å². The summed E-state index contributed by atoms with van der Waals surface area (Å²) >= 11 is 7.26. The maximum absolute atomic E-state index is 14.0. The first-order valence-corrected chi connectivity index (χ1v) is 23.0. The number of anilines is 1. The van der Waals surface area contributed by atoms with Gasteiger partial charge in [0, 0.05) is 97.9 Å². The van der Waals surface area contributed by atoms with Crippen LogP contribution in [0.1, 0.15) is 67.3 Å². The minimum absolute atomic E-state index is 0.00483. The van der Waals surface area contributed by atoms with E-state index in [9.17, 15) is 19.7 Å². The molecule has 3 saturated heterocycles. The fourth-order valence-electron chi connectivity index (χ4n) is 10.4. The van der Waals surface area contributed by atoms with Crippen molar-refractivity contribution in [2.45, 2.75) is 57.4 Å². The van der Waals surface area contributed by atoms with Gasteiger partial charge in [-0.2, -0.15) is 0 Å². The lowest BCUT2D eigenvalue weighted by atomic mass is 9.59. The summed E-state index contributed by atoms with van der Waals surface area (Å²) in [6.07, 6.45) is 15.7. The highest BCUT2D eigenvalue weighted by Crippen LogP contribution is 2.55. The van der Waals surface area contributed by atoms with Crippen LogP contribution in [0.25, 0.3) is 16.6 Å². The molecule has 2 unspecified atom stereocenters. The van der Waals surface area contributed by atoms with E-state index in [-0.39, 0.29) is 17.6 Å². The predicted molar refractivity (Wildman–Crippen MR) is 241 cm³/mol. The highest BCUT2D eigenvalue weighted by Gasteiger charge is 2.49. The Labute approximate surface area is 369 Å². The van der Waals surface area contributed by atoms with Crippen molar-refractivity contribution in [1.29, 1.82) is 0 Å².